The second kappa shape index (κ2) is 9.11. The van der Waals surface area contributed by atoms with E-state index in [9.17, 15) is 4.79 Å². The van der Waals surface area contributed by atoms with Gasteiger partial charge in [0.2, 0.25) is 0 Å². The van der Waals surface area contributed by atoms with E-state index < -0.39 is 0 Å². The molecule has 2 aromatic heterocycles. The standard InChI is InChI=1S/C28H30N2OS2/c1-28(2,3)20-14-15-22-23(18-20)33-25-24(22)26(31)30(21-12-8-5-9-13-21)27(29-25)32-17-16-19-10-6-4-7-11-19/h4-13,20H,14-18H2,1-3H3/t20-/m0/s1. The normalized spacial score (nSPS) is 16.2. The predicted molar refractivity (Wildman–Crippen MR) is 141 cm³/mol. The van der Waals surface area contributed by atoms with E-state index in [2.05, 4.69) is 45.0 Å². The van der Waals surface area contributed by atoms with Crippen molar-refractivity contribution in [1.29, 1.82) is 0 Å². The molecule has 1 aliphatic carbocycles. The number of hydrogen-bond donors (Lipinski definition) is 0. The fraction of sp³-hybridized carbons (Fsp3) is 0.357. The minimum Gasteiger partial charge on any atom is -0.268 e. The topological polar surface area (TPSA) is 34.9 Å². The Bertz CT molecular complexity index is 1320. The molecule has 0 aliphatic heterocycles. The van der Waals surface area contributed by atoms with Gasteiger partial charge in [-0.3, -0.25) is 9.36 Å². The Labute approximate surface area is 203 Å². The number of thioether (sulfide) groups is 1. The molecular formula is C28H30N2OS2. The van der Waals surface area contributed by atoms with Gasteiger partial charge in [-0.2, -0.15) is 0 Å². The molecule has 170 valence electrons. The average Bonchev–Trinajstić information content (AvgIpc) is 3.18. The number of aryl methyl sites for hydroxylation is 2. The summed E-state index contributed by atoms with van der Waals surface area (Å²) in [6.07, 6.45) is 4.12. The lowest BCUT2D eigenvalue weighted by Crippen LogP contribution is -2.27. The number of hydrogen-bond acceptors (Lipinski definition) is 4. The van der Waals surface area contributed by atoms with E-state index in [1.807, 2.05) is 41.0 Å². The first-order chi connectivity index (χ1) is 15.9. The Kier molecular flexibility index (Phi) is 6.19. The monoisotopic (exact) mass is 474 g/mol. The molecule has 5 heteroatoms. The van der Waals surface area contributed by atoms with Gasteiger partial charge in [0, 0.05) is 10.6 Å². The molecule has 0 bridgehead atoms. The molecule has 0 N–H and O–H groups in total. The van der Waals surface area contributed by atoms with Crippen molar-refractivity contribution < 1.29 is 0 Å². The molecule has 1 atom stereocenters. The summed E-state index contributed by atoms with van der Waals surface area (Å²) in [5, 5.41) is 1.64. The van der Waals surface area contributed by atoms with Gasteiger partial charge in [-0.25, -0.2) is 4.98 Å². The van der Waals surface area contributed by atoms with Gasteiger partial charge in [-0.15, -0.1) is 11.3 Å². The minimum absolute atomic E-state index is 0.0834. The van der Waals surface area contributed by atoms with Crippen LogP contribution in [0.3, 0.4) is 0 Å². The number of thiophene rings is 1. The molecule has 0 unspecified atom stereocenters. The highest BCUT2D eigenvalue weighted by atomic mass is 32.2. The third kappa shape index (κ3) is 4.53. The molecule has 0 fully saturated rings. The Morgan fingerprint density at radius 3 is 2.45 bits per heavy atom. The van der Waals surface area contributed by atoms with Crippen molar-refractivity contribution in [2.24, 2.45) is 11.3 Å². The zero-order chi connectivity index (χ0) is 23.0. The Balaban J connectivity index is 1.56. The fourth-order valence-electron chi connectivity index (χ4n) is 4.75. The maximum Gasteiger partial charge on any atom is 0.267 e. The molecule has 0 amide bonds. The van der Waals surface area contributed by atoms with Gasteiger partial charge >= 0.3 is 0 Å². The molecule has 1 aliphatic rings. The van der Waals surface area contributed by atoms with Crippen LogP contribution in [0.1, 0.15) is 43.2 Å². The number of fused-ring (bicyclic) bond motifs is 3. The van der Waals surface area contributed by atoms with Gasteiger partial charge in [0.05, 0.1) is 11.1 Å². The molecule has 2 aromatic carbocycles. The summed E-state index contributed by atoms with van der Waals surface area (Å²) in [6.45, 7) is 6.99. The van der Waals surface area contributed by atoms with Crippen LogP contribution in [0.2, 0.25) is 0 Å². The van der Waals surface area contributed by atoms with Gasteiger partial charge in [0.1, 0.15) is 4.83 Å². The molecule has 2 heterocycles. The minimum atomic E-state index is 0.0834. The van der Waals surface area contributed by atoms with Crippen LogP contribution in [0.5, 0.6) is 0 Å². The zero-order valence-electron chi connectivity index (χ0n) is 19.5. The van der Waals surface area contributed by atoms with Gasteiger partial charge in [0.15, 0.2) is 5.16 Å². The zero-order valence-corrected chi connectivity index (χ0v) is 21.1. The van der Waals surface area contributed by atoms with Gasteiger partial charge < -0.3 is 0 Å². The second-order valence-corrected chi connectivity index (χ2v) is 12.1. The van der Waals surface area contributed by atoms with Crippen LogP contribution in [0.25, 0.3) is 15.9 Å². The molecule has 5 rings (SSSR count). The first kappa shape index (κ1) is 22.4. The van der Waals surface area contributed by atoms with Crippen LogP contribution in [-0.4, -0.2) is 15.3 Å². The van der Waals surface area contributed by atoms with E-state index in [0.29, 0.717) is 5.92 Å². The second-order valence-electron chi connectivity index (χ2n) is 9.94. The lowest BCUT2D eigenvalue weighted by Gasteiger charge is -2.33. The van der Waals surface area contributed by atoms with E-state index in [0.717, 1.165) is 52.5 Å². The predicted octanol–water partition coefficient (Wildman–Crippen LogP) is 6.93. The van der Waals surface area contributed by atoms with Crippen LogP contribution in [0.4, 0.5) is 0 Å². The first-order valence-electron chi connectivity index (χ1n) is 11.7. The first-order valence-corrected chi connectivity index (χ1v) is 13.5. The summed E-state index contributed by atoms with van der Waals surface area (Å²) < 4.78 is 1.83. The summed E-state index contributed by atoms with van der Waals surface area (Å²) in [4.78, 5) is 21.3. The quantitative estimate of drug-likeness (QED) is 0.232. The number of para-hydroxylation sites is 1. The third-order valence-electron chi connectivity index (χ3n) is 6.76. The summed E-state index contributed by atoms with van der Waals surface area (Å²) in [5.41, 5.74) is 3.81. The average molecular weight is 475 g/mol. The van der Waals surface area contributed by atoms with Crippen LogP contribution in [0.15, 0.2) is 70.6 Å². The summed E-state index contributed by atoms with van der Waals surface area (Å²) in [5.74, 6) is 1.53. The molecule has 0 radical (unpaired) electrons. The Morgan fingerprint density at radius 2 is 1.76 bits per heavy atom. The van der Waals surface area contributed by atoms with Crippen molar-refractivity contribution in [3.63, 3.8) is 0 Å². The van der Waals surface area contributed by atoms with Crippen molar-refractivity contribution in [1.82, 2.24) is 9.55 Å². The molecule has 0 saturated carbocycles. The Hall–Kier alpha value is -2.37. The summed E-state index contributed by atoms with van der Waals surface area (Å²) in [7, 11) is 0. The molecule has 33 heavy (non-hydrogen) atoms. The lowest BCUT2D eigenvalue weighted by molar-refractivity contribution is 0.218. The largest absolute Gasteiger partial charge is 0.268 e. The summed E-state index contributed by atoms with van der Waals surface area (Å²) in [6, 6.07) is 20.5. The van der Waals surface area contributed by atoms with Crippen molar-refractivity contribution in [3.05, 3.63) is 87.0 Å². The van der Waals surface area contributed by atoms with Crippen LogP contribution in [0, 0.1) is 11.3 Å². The highest BCUT2D eigenvalue weighted by molar-refractivity contribution is 7.99. The molecule has 4 aromatic rings. The van der Waals surface area contributed by atoms with Crippen molar-refractivity contribution in [2.75, 3.05) is 5.75 Å². The van der Waals surface area contributed by atoms with Gasteiger partial charge in [-0.05, 0) is 60.3 Å². The van der Waals surface area contributed by atoms with Crippen molar-refractivity contribution in [3.8, 4) is 5.69 Å². The number of aromatic nitrogens is 2. The highest BCUT2D eigenvalue weighted by Gasteiger charge is 2.32. The van der Waals surface area contributed by atoms with E-state index in [1.54, 1.807) is 23.1 Å². The van der Waals surface area contributed by atoms with Crippen LogP contribution < -0.4 is 5.56 Å². The number of rotatable bonds is 5. The molecule has 0 spiro atoms. The van der Waals surface area contributed by atoms with Crippen LogP contribution >= 0.6 is 23.1 Å². The molecular weight excluding hydrogens is 444 g/mol. The van der Waals surface area contributed by atoms with Crippen LogP contribution in [-0.2, 0) is 19.3 Å². The Morgan fingerprint density at radius 1 is 1.06 bits per heavy atom. The molecule has 0 saturated heterocycles. The van der Waals surface area contributed by atoms with E-state index in [1.165, 1.54) is 16.0 Å². The van der Waals surface area contributed by atoms with Crippen molar-refractivity contribution >= 4 is 33.3 Å². The number of nitrogens with zero attached hydrogens (tertiary/aromatic N) is 2. The SMILES string of the molecule is CC(C)(C)[C@H]1CCc2c(sc3nc(SCCc4ccccc4)n(-c4ccccc4)c(=O)c23)C1. The lowest BCUT2D eigenvalue weighted by atomic mass is 9.72. The third-order valence-corrected chi connectivity index (χ3v) is 8.84. The van der Waals surface area contributed by atoms with Gasteiger partial charge in [0.25, 0.3) is 5.56 Å². The molecule has 3 nitrogen and oxygen atoms in total. The summed E-state index contributed by atoms with van der Waals surface area (Å²) >= 11 is 3.42. The van der Waals surface area contributed by atoms with E-state index >= 15 is 0 Å². The van der Waals surface area contributed by atoms with E-state index in [4.69, 9.17) is 4.98 Å². The van der Waals surface area contributed by atoms with E-state index in [-0.39, 0.29) is 11.0 Å². The maximum absolute atomic E-state index is 13.9. The number of benzene rings is 2. The van der Waals surface area contributed by atoms with Crippen molar-refractivity contribution in [2.45, 2.75) is 51.6 Å². The maximum atomic E-state index is 13.9. The fourth-order valence-corrected chi connectivity index (χ4v) is 7.09. The van der Waals surface area contributed by atoms with Gasteiger partial charge in [-0.1, -0.05) is 81.1 Å². The highest BCUT2D eigenvalue weighted by Crippen LogP contribution is 2.42. The smallest absolute Gasteiger partial charge is 0.267 e.